The van der Waals surface area contributed by atoms with Crippen LogP contribution in [0.1, 0.15) is 30.2 Å². The van der Waals surface area contributed by atoms with E-state index in [1.807, 2.05) is 22.5 Å². The van der Waals surface area contributed by atoms with Crippen molar-refractivity contribution in [3.8, 4) is 0 Å². The SMILES string of the molecule is CSc1nc(SCC(=O)N2CCC(C)CC2)c2c3c(sc2n1)C[NH+](C)CC3. The quantitative estimate of drug-likeness (QED) is 0.465. The van der Waals surface area contributed by atoms with Crippen LogP contribution in [0.3, 0.4) is 0 Å². The van der Waals surface area contributed by atoms with E-state index in [0.29, 0.717) is 5.75 Å². The van der Waals surface area contributed by atoms with Gasteiger partial charge in [-0.3, -0.25) is 4.79 Å². The highest BCUT2D eigenvalue weighted by atomic mass is 32.2. The van der Waals surface area contributed by atoms with Crippen LogP contribution in [0, 0.1) is 5.92 Å². The molecule has 4 rings (SSSR count). The summed E-state index contributed by atoms with van der Waals surface area (Å²) in [5, 5.41) is 3.02. The molecule has 4 heterocycles. The number of amides is 1. The summed E-state index contributed by atoms with van der Waals surface area (Å²) in [5.41, 5.74) is 1.43. The van der Waals surface area contributed by atoms with Gasteiger partial charge in [0.15, 0.2) is 5.16 Å². The first-order valence-corrected chi connectivity index (χ1v) is 12.7. The van der Waals surface area contributed by atoms with Gasteiger partial charge in [-0.2, -0.15) is 0 Å². The first kappa shape index (κ1) is 19.5. The van der Waals surface area contributed by atoms with E-state index in [0.717, 1.165) is 66.4 Å². The highest BCUT2D eigenvalue weighted by Gasteiger charge is 2.26. The Bertz CT molecular complexity index is 845. The zero-order valence-corrected chi connectivity index (χ0v) is 18.7. The van der Waals surface area contributed by atoms with Crippen molar-refractivity contribution < 1.29 is 9.69 Å². The van der Waals surface area contributed by atoms with Crippen molar-refractivity contribution in [1.29, 1.82) is 0 Å². The second kappa shape index (κ2) is 8.27. The van der Waals surface area contributed by atoms with Crippen LogP contribution in [0.5, 0.6) is 0 Å². The minimum atomic E-state index is 0.248. The summed E-state index contributed by atoms with van der Waals surface area (Å²) in [6.45, 7) is 6.30. The molecule has 1 N–H and O–H groups in total. The third-order valence-corrected chi connectivity index (χ3v) is 8.23. The Hall–Kier alpha value is -0.830. The van der Waals surface area contributed by atoms with Crippen molar-refractivity contribution in [1.82, 2.24) is 14.9 Å². The predicted molar refractivity (Wildman–Crippen MR) is 114 cm³/mol. The van der Waals surface area contributed by atoms with Crippen LogP contribution >= 0.6 is 34.9 Å². The molecule has 0 aromatic carbocycles. The lowest BCUT2D eigenvalue weighted by Gasteiger charge is -2.30. The van der Waals surface area contributed by atoms with Crippen LogP contribution in [0.25, 0.3) is 10.2 Å². The molecular formula is C19H27N4OS3+. The maximum atomic E-state index is 12.7. The van der Waals surface area contributed by atoms with E-state index in [1.54, 1.807) is 28.4 Å². The number of quaternary nitrogens is 1. The van der Waals surface area contributed by atoms with Gasteiger partial charge in [-0.25, -0.2) is 9.97 Å². The monoisotopic (exact) mass is 423 g/mol. The molecule has 1 unspecified atom stereocenters. The molecule has 1 fully saturated rings. The van der Waals surface area contributed by atoms with Crippen LogP contribution in [0.4, 0.5) is 0 Å². The number of nitrogens with zero attached hydrogens (tertiary/aromatic N) is 3. The molecule has 0 radical (unpaired) electrons. The smallest absolute Gasteiger partial charge is 0.232 e. The number of piperidine rings is 1. The second-order valence-electron chi connectivity index (χ2n) is 7.69. The molecule has 5 nitrogen and oxygen atoms in total. The van der Waals surface area contributed by atoms with Crippen LogP contribution in [-0.2, 0) is 17.8 Å². The van der Waals surface area contributed by atoms with Gasteiger partial charge in [0.05, 0.1) is 24.2 Å². The predicted octanol–water partition coefficient (Wildman–Crippen LogP) is 2.33. The standard InChI is InChI=1S/C19H26N4OS3/c1-12-4-8-23(9-5-12)15(24)11-26-17-16-13-6-7-22(2)10-14(13)27-18(16)21-19(20-17)25-3/h12H,4-11H2,1-3H3/p+1. The van der Waals surface area contributed by atoms with Gasteiger partial charge in [-0.1, -0.05) is 30.4 Å². The number of carbonyl (C=O) groups excluding carboxylic acids is 1. The van der Waals surface area contributed by atoms with E-state index < -0.39 is 0 Å². The first-order chi connectivity index (χ1) is 13.0. The molecule has 1 saturated heterocycles. The third kappa shape index (κ3) is 4.13. The summed E-state index contributed by atoms with van der Waals surface area (Å²) in [6.07, 6.45) is 5.34. The molecule has 0 aliphatic carbocycles. The number of likely N-dealkylation sites (N-methyl/N-ethyl adjacent to an activating group) is 1. The number of carbonyl (C=O) groups is 1. The topological polar surface area (TPSA) is 50.5 Å². The molecular weight excluding hydrogens is 396 g/mol. The lowest BCUT2D eigenvalue weighted by molar-refractivity contribution is -0.895. The molecule has 2 aliphatic rings. The number of fused-ring (bicyclic) bond motifs is 3. The summed E-state index contributed by atoms with van der Waals surface area (Å²) in [5.74, 6) is 1.46. The molecule has 0 saturated carbocycles. The van der Waals surface area contributed by atoms with Gasteiger partial charge in [-0.05, 0) is 30.6 Å². The fourth-order valence-electron chi connectivity index (χ4n) is 3.83. The van der Waals surface area contributed by atoms with E-state index >= 15 is 0 Å². The van der Waals surface area contributed by atoms with Crippen molar-refractivity contribution >= 4 is 51.0 Å². The fraction of sp³-hybridized carbons (Fsp3) is 0.632. The van der Waals surface area contributed by atoms with Gasteiger partial charge in [0.2, 0.25) is 5.91 Å². The van der Waals surface area contributed by atoms with Crippen molar-refractivity contribution in [2.45, 2.75) is 42.9 Å². The molecule has 1 atom stereocenters. The number of hydrogen-bond donors (Lipinski definition) is 1. The number of nitrogens with one attached hydrogen (secondary N) is 1. The van der Waals surface area contributed by atoms with Crippen molar-refractivity contribution in [2.75, 3.05) is 38.7 Å². The Kier molecular flexibility index (Phi) is 5.97. The number of aromatic nitrogens is 2. The lowest BCUT2D eigenvalue weighted by Crippen LogP contribution is -3.08. The minimum Gasteiger partial charge on any atom is -0.342 e. The van der Waals surface area contributed by atoms with Gasteiger partial charge >= 0.3 is 0 Å². The van der Waals surface area contributed by atoms with Gasteiger partial charge < -0.3 is 9.80 Å². The van der Waals surface area contributed by atoms with Crippen LogP contribution in [0.2, 0.25) is 0 Å². The maximum Gasteiger partial charge on any atom is 0.232 e. The van der Waals surface area contributed by atoms with Crippen LogP contribution in [0.15, 0.2) is 10.2 Å². The highest BCUT2D eigenvalue weighted by molar-refractivity contribution is 8.00. The van der Waals surface area contributed by atoms with Gasteiger partial charge in [0.25, 0.3) is 0 Å². The van der Waals surface area contributed by atoms with E-state index in [-0.39, 0.29) is 5.91 Å². The van der Waals surface area contributed by atoms with Crippen LogP contribution < -0.4 is 4.90 Å². The van der Waals surface area contributed by atoms with Crippen molar-refractivity contribution in [3.05, 3.63) is 10.4 Å². The molecule has 0 spiro atoms. The second-order valence-corrected chi connectivity index (χ2v) is 10.5. The molecule has 0 bridgehead atoms. The lowest BCUT2D eigenvalue weighted by atomic mass is 9.99. The number of likely N-dealkylation sites (tertiary alicyclic amines) is 1. The molecule has 146 valence electrons. The van der Waals surface area contributed by atoms with Crippen LogP contribution in [-0.4, -0.2) is 59.5 Å². The van der Waals surface area contributed by atoms with E-state index in [4.69, 9.17) is 9.97 Å². The number of thioether (sulfide) groups is 2. The zero-order chi connectivity index (χ0) is 19.0. The average molecular weight is 424 g/mol. The van der Waals surface area contributed by atoms with Gasteiger partial charge in [0, 0.05) is 24.9 Å². The Morgan fingerprint density at radius 1 is 1.33 bits per heavy atom. The molecule has 2 aromatic rings. The number of thiophene rings is 1. The molecule has 2 aliphatic heterocycles. The minimum absolute atomic E-state index is 0.248. The molecule has 2 aromatic heterocycles. The zero-order valence-electron chi connectivity index (χ0n) is 16.2. The molecule has 8 heteroatoms. The average Bonchev–Trinajstić information content (AvgIpc) is 3.03. The number of rotatable bonds is 4. The first-order valence-electron chi connectivity index (χ1n) is 9.63. The highest BCUT2D eigenvalue weighted by Crippen LogP contribution is 2.38. The van der Waals surface area contributed by atoms with Crippen molar-refractivity contribution in [3.63, 3.8) is 0 Å². The summed E-state index contributed by atoms with van der Waals surface area (Å²) in [6, 6.07) is 0. The summed E-state index contributed by atoms with van der Waals surface area (Å²) in [4.78, 5) is 28.4. The normalized spacial score (nSPS) is 20.9. The van der Waals surface area contributed by atoms with E-state index in [9.17, 15) is 4.79 Å². The van der Waals surface area contributed by atoms with Gasteiger partial charge in [-0.15, -0.1) is 11.3 Å². The number of hydrogen-bond acceptors (Lipinski definition) is 6. The maximum absolute atomic E-state index is 12.7. The largest absolute Gasteiger partial charge is 0.342 e. The summed E-state index contributed by atoms with van der Waals surface area (Å²) >= 11 is 5.00. The van der Waals surface area contributed by atoms with E-state index in [2.05, 4.69) is 14.0 Å². The Morgan fingerprint density at radius 2 is 2.11 bits per heavy atom. The van der Waals surface area contributed by atoms with Gasteiger partial charge in [0.1, 0.15) is 16.4 Å². The van der Waals surface area contributed by atoms with E-state index in [1.165, 1.54) is 15.8 Å². The Labute approximate surface area is 173 Å². The Balaban J connectivity index is 1.58. The third-order valence-electron chi connectivity index (χ3n) is 5.60. The fourth-order valence-corrected chi connectivity index (χ4v) is 6.67. The molecule has 27 heavy (non-hydrogen) atoms. The summed E-state index contributed by atoms with van der Waals surface area (Å²) in [7, 11) is 2.25. The summed E-state index contributed by atoms with van der Waals surface area (Å²) < 4.78 is 0. The van der Waals surface area contributed by atoms with Crippen molar-refractivity contribution in [2.24, 2.45) is 5.92 Å². The Morgan fingerprint density at radius 3 is 2.85 bits per heavy atom. The molecule has 1 amide bonds.